The van der Waals surface area contributed by atoms with Gasteiger partial charge in [0.15, 0.2) is 0 Å². The number of halogens is 1. The SMILES string of the molecule is C=CCO[C@@]12Oc3ccc(Oc4ccc5ccccc5c4)cc3[C@H]3[C@H](CCCCO)[C@@H](CCCCO)C=C(C(=NOCc4ccc([N+](=O)[O-])cc4)C[C@@H]1N(Cc1ccc(F)cc1)C(=O)C1CC1)[C@H]32. The van der Waals surface area contributed by atoms with Gasteiger partial charge in [-0.05, 0) is 132 Å². The summed E-state index contributed by atoms with van der Waals surface area (Å²) in [6.45, 7) is 4.47. The first-order chi connectivity index (χ1) is 33.2. The van der Waals surface area contributed by atoms with E-state index in [2.05, 4.69) is 30.9 Å². The largest absolute Gasteiger partial charge is 0.459 e. The molecule has 5 aromatic carbocycles. The highest BCUT2D eigenvalue weighted by molar-refractivity contribution is 6.03. The maximum absolute atomic E-state index is 14.9. The second kappa shape index (κ2) is 20.8. The highest BCUT2D eigenvalue weighted by Crippen LogP contribution is 2.62. The van der Waals surface area contributed by atoms with Gasteiger partial charge in [0.25, 0.3) is 5.69 Å². The summed E-state index contributed by atoms with van der Waals surface area (Å²) < 4.78 is 35.6. The number of nitro groups is 1. The topological polar surface area (TPSA) is 153 Å². The molecule has 13 heteroatoms. The Morgan fingerprint density at radius 2 is 1.60 bits per heavy atom. The number of allylic oxidation sites excluding steroid dienone is 1. The average molecular weight is 924 g/mol. The number of rotatable bonds is 21. The summed E-state index contributed by atoms with van der Waals surface area (Å²) in [6, 6.07) is 31.6. The smallest absolute Gasteiger partial charge is 0.269 e. The van der Waals surface area contributed by atoms with E-state index in [-0.39, 0.29) is 80.5 Å². The minimum Gasteiger partial charge on any atom is -0.459 e. The minimum atomic E-state index is -1.48. The Kier molecular flexibility index (Phi) is 14.3. The van der Waals surface area contributed by atoms with E-state index in [4.69, 9.17) is 24.2 Å². The first-order valence-electron chi connectivity index (χ1n) is 23.8. The normalized spacial score (nSPS) is 23.2. The second-order valence-corrected chi connectivity index (χ2v) is 18.4. The fraction of sp³-hybridized carbons (Fsp3) is 0.382. The van der Waals surface area contributed by atoms with Crippen molar-refractivity contribution in [2.24, 2.45) is 28.8 Å². The molecule has 3 aliphatic carbocycles. The van der Waals surface area contributed by atoms with Crippen molar-refractivity contribution < 1.29 is 43.4 Å². The lowest BCUT2D eigenvalue weighted by Crippen LogP contribution is -2.70. The summed E-state index contributed by atoms with van der Waals surface area (Å²) in [6.07, 6.45) is 9.97. The monoisotopic (exact) mass is 923 g/mol. The predicted octanol–water partition coefficient (Wildman–Crippen LogP) is 11.0. The molecule has 68 heavy (non-hydrogen) atoms. The van der Waals surface area contributed by atoms with Gasteiger partial charge in [0.05, 0.1) is 23.2 Å². The molecule has 1 aliphatic heterocycles. The Morgan fingerprint density at radius 1 is 0.897 bits per heavy atom. The lowest BCUT2D eigenvalue weighted by atomic mass is 9.55. The van der Waals surface area contributed by atoms with Crippen molar-refractivity contribution in [3.8, 4) is 17.2 Å². The maximum atomic E-state index is 14.9. The lowest BCUT2D eigenvalue weighted by molar-refractivity contribution is -0.384. The number of amides is 1. The van der Waals surface area contributed by atoms with Crippen molar-refractivity contribution in [3.63, 3.8) is 0 Å². The molecule has 0 radical (unpaired) electrons. The van der Waals surface area contributed by atoms with Crippen molar-refractivity contribution in [3.05, 3.63) is 166 Å². The van der Waals surface area contributed by atoms with Gasteiger partial charge in [-0.2, -0.15) is 0 Å². The number of nitro benzene ring substituents is 1. The summed E-state index contributed by atoms with van der Waals surface area (Å²) in [7, 11) is 0. The van der Waals surface area contributed by atoms with Crippen molar-refractivity contribution in [1.29, 1.82) is 0 Å². The molecular weight excluding hydrogens is 866 g/mol. The van der Waals surface area contributed by atoms with Gasteiger partial charge in [-0.3, -0.25) is 14.9 Å². The zero-order valence-corrected chi connectivity index (χ0v) is 38.1. The number of carbonyl (C=O) groups excluding carboxylic acids is 1. The van der Waals surface area contributed by atoms with E-state index in [9.17, 15) is 29.5 Å². The van der Waals surface area contributed by atoms with E-state index < -0.39 is 22.7 Å². The van der Waals surface area contributed by atoms with Crippen LogP contribution in [0.15, 0.2) is 139 Å². The Hall–Kier alpha value is -6.41. The standard InChI is InChI=1S/C55H58FN3O9/c1-2-29-65-55-51(58(54(62)39-17-18-39)34-36-13-20-42(56)21-14-36)33-49(57-66-35-37-15-22-43(23-16-37)59(63)64)47-31-41(11-5-7-27-60)46(12-6-8-28-61)52(53(47)55)48-32-45(25-26-50(48)68-55)67-44-24-19-38-9-3-4-10-40(38)30-44/h2-4,9-10,13-16,19-26,30-32,39,41,46,51-53,60-61H,1,5-8,11-12,17-18,27-29,33-35H2/t41-,46+,51-,52+,53+,55+/m0/s1. The van der Waals surface area contributed by atoms with E-state index in [0.29, 0.717) is 41.4 Å². The van der Waals surface area contributed by atoms with Crippen LogP contribution in [0, 0.1) is 39.6 Å². The van der Waals surface area contributed by atoms with Gasteiger partial charge in [0, 0.05) is 55.7 Å². The molecule has 0 bridgehead atoms. The van der Waals surface area contributed by atoms with E-state index in [0.717, 1.165) is 66.0 Å². The number of non-ortho nitro benzene ring substituents is 1. The van der Waals surface area contributed by atoms with Gasteiger partial charge >= 0.3 is 0 Å². The third-order valence-electron chi connectivity index (χ3n) is 14.0. The summed E-state index contributed by atoms with van der Waals surface area (Å²) in [4.78, 5) is 33.9. The summed E-state index contributed by atoms with van der Waals surface area (Å²) in [5.74, 6) is -1.05. The van der Waals surface area contributed by atoms with Crippen LogP contribution in [0.4, 0.5) is 10.1 Å². The molecule has 12 nitrogen and oxygen atoms in total. The quantitative estimate of drug-likeness (QED) is 0.0317. The summed E-state index contributed by atoms with van der Waals surface area (Å²) in [5.41, 5.74) is 3.81. The molecule has 1 heterocycles. The van der Waals surface area contributed by atoms with Crippen LogP contribution in [0.2, 0.25) is 0 Å². The predicted molar refractivity (Wildman–Crippen MR) is 257 cm³/mol. The molecule has 0 saturated heterocycles. The number of hydrogen-bond donors (Lipinski definition) is 2. The van der Waals surface area contributed by atoms with Crippen LogP contribution < -0.4 is 9.47 Å². The molecule has 4 aliphatic rings. The Labute approximate surface area is 395 Å². The molecular formula is C55H58FN3O9. The van der Waals surface area contributed by atoms with Gasteiger partial charge in [0.2, 0.25) is 11.7 Å². The van der Waals surface area contributed by atoms with Crippen LogP contribution in [0.25, 0.3) is 10.8 Å². The number of benzene rings is 5. The molecule has 0 aromatic heterocycles. The van der Waals surface area contributed by atoms with Crippen LogP contribution in [-0.4, -0.2) is 63.3 Å². The van der Waals surface area contributed by atoms with Crippen molar-refractivity contribution in [2.45, 2.75) is 88.7 Å². The zero-order chi connectivity index (χ0) is 47.2. The molecule has 354 valence electrons. The van der Waals surface area contributed by atoms with Crippen LogP contribution in [-0.2, 0) is 27.5 Å². The van der Waals surface area contributed by atoms with Gasteiger partial charge in [0.1, 0.15) is 35.7 Å². The van der Waals surface area contributed by atoms with Gasteiger partial charge in [-0.15, -0.1) is 6.58 Å². The molecule has 1 amide bonds. The van der Waals surface area contributed by atoms with Crippen molar-refractivity contribution in [1.82, 2.24) is 4.90 Å². The summed E-state index contributed by atoms with van der Waals surface area (Å²) >= 11 is 0. The van der Waals surface area contributed by atoms with Crippen molar-refractivity contribution >= 4 is 28.1 Å². The van der Waals surface area contributed by atoms with Gasteiger partial charge in [-0.1, -0.05) is 72.6 Å². The number of oxime groups is 1. The Balaban J connectivity index is 1.22. The number of nitrogens with zero attached hydrogens (tertiary/aromatic N) is 3. The lowest BCUT2D eigenvalue weighted by Gasteiger charge is -2.60. The highest BCUT2D eigenvalue weighted by atomic mass is 19.1. The summed E-state index contributed by atoms with van der Waals surface area (Å²) in [5, 5.41) is 38.5. The minimum absolute atomic E-state index is 0.00412. The molecule has 5 aromatic rings. The fourth-order valence-corrected chi connectivity index (χ4v) is 10.7. The number of hydrogen-bond acceptors (Lipinski definition) is 10. The van der Waals surface area contributed by atoms with E-state index in [1.807, 2.05) is 47.4 Å². The maximum Gasteiger partial charge on any atom is 0.269 e. The fourth-order valence-electron chi connectivity index (χ4n) is 10.7. The third-order valence-corrected chi connectivity index (χ3v) is 14.0. The number of carbonyl (C=O) groups is 1. The van der Waals surface area contributed by atoms with E-state index in [1.165, 1.54) is 24.3 Å². The Bertz CT molecular complexity index is 2670. The first kappa shape index (κ1) is 46.7. The van der Waals surface area contributed by atoms with E-state index in [1.54, 1.807) is 30.3 Å². The van der Waals surface area contributed by atoms with Gasteiger partial charge in [-0.25, -0.2) is 4.39 Å². The third kappa shape index (κ3) is 9.92. The van der Waals surface area contributed by atoms with Crippen molar-refractivity contribution in [2.75, 3.05) is 19.8 Å². The molecule has 9 rings (SSSR count). The number of aliphatic hydroxyl groups is 2. The highest BCUT2D eigenvalue weighted by Gasteiger charge is 2.66. The average Bonchev–Trinajstić information content (AvgIpc) is 4.21. The van der Waals surface area contributed by atoms with Gasteiger partial charge < -0.3 is 34.2 Å². The molecule has 2 fully saturated rings. The second-order valence-electron chi connectivity index (χ2n) is 18.4. The van der Waals surface area contributed by atoms with Crippen LogP contribution >= 0.6 is 0 Å². The van der Waals surface area contributed by atoms with E-state index >= 15 is 0 Å². The Morgan fingerprint density at radius 3 is 2.32 bits per heavy atom. The number of ether oxygens (including phenoxy) is 3. The van der Waals surface area contributed by atoms with Crippen LogP contribution in [0.1, 0.15) is 80.4 Å². The van der Waals surface area contributed by atoms with Crippen LogP contribution in [0.5, 0.6) is 17.2 Å². The number of aliphatic hydroxyl groups excluding tert-OH is 2. The zero-order valence-electron chi connectivity index (χ0n) is 38.1. The molecule has 2 saturated carbocycles. The number of fused-ring (bicyclic) bond motifs is 3. The first-order valence-corrected chi connectivity index (χ1v) is 23.8. The molecule has 6 atom stereocenters. The molecule has 0 unspecified atom stereocenters. The van der Waals surface area contributed by atoms with Crippen LogP contribution in [0.3, 0.4) is 0 Å². The molecule has 0 spiro atoms. The number of unbranched alkanes of at least 4 members (excludes halogenated alkanes) is 2. The molecule has 2 N–H and O–H groups in total.